The Morgan fingerprint density at radius 3 is 2.71 bits per heavy atom. The zero-order valence-electron chi connectivity index (χ0n) is 11.8. The molecule has 0 saturated carbocycles. The molecule has 0 aliphatic heterocycles. The number of anilines is 1. The highest BCUT2D eigenvalue weighted by molar-refractivity contribution is 6.08. The molecule has 110 valence electrons. The van der Waals surface area contributed by atoms with Crippen LogP contribution in [0.1, 0.15) is 32.1 Å². The normalized spacial score (nSPS) is 10.4. The monoisotopic (exact) mass is 288 g/mol. The van der Waals surface area contributed by atoms with Gasteiger partial charge < -0.3 is 20.1 Å². The Morgan fingerprint density at radius 2 is 2.05 bits per heavy atom. The van der Waals surface area contributed by atoms with Gasteiger partial charge in [-0.2, -0.15) is 0 Å². The minimum atomic E-state index is -1.12. The molecule has 0 radical (unpaired) electrons. The van der Waals surface area contributed by atoms with Gasteiger partial charge in [0, 0.05) is 18.4 Å². The Kier molecular flexibility index (Phi) is 4.39. The van der Waals surface area contributed by atoms with Crippen LogP contribution in [0.2, 0.25) is 0 Å². The lowest BCUT2D eigenvalue weighted by Gasteiger charge is -2.09. The number of hydrogen-bond donors (Lipinski definition) is 3. The summed E-state index contributed by atoms with van der Waals surface area (Å²) in [4.78, 5) is 26.1. The molecule has 0 aliphatic rings. The fourth-order valence-electron chi connectivity index (χ4n) is 2.07. The fourth-order valence-corrected chi connectivity index (χ4v) is 2.07. The van der Waals surface area contributed by atoms with Crippen molar-refractivity contribution in [3.05, 3.63) is 52.8 Å². The number of amides is 1. The highest BCUT2D eigenvalue weighted by Gasteiger charge is 2.17. The van der Waals surface area contributed by atoms with Crippen LogP contribution >= 0.6 is 0 Å². The van der Waals surface area contributed by atoms with E-state index in [1.165, 1.54) is 0 Å². The second-order valence-corrected chi connectivity index (χ2v) is 4.59. The van der Waals surface area contributed by atoms with Gasteiger partial charge in [-0.3, -0.25) is 4.79 Å². The van der Waals surface area contributed by atoms with Crippen molar-refractivity contribution in [2.24, 2.45) is 0 Å². The Labute approximate surface area is 121 Å². The highest BCUT2D eigenvalue weighted by Crippen LogP contribution is 2.19. The van der Waals surface area contributed by atoms with Crippen LogP contribution in [0.5, 0.6) is 0 Å². The van der Waals surface area contributed by atoms with Crippen LogP contribution in [0.15, 0.2) is 30.3 Å². The number of hydrogen-bond acceptors (Lipinski definition) is 3. The van der Waals surface area contributed by atoms with Crippen molar-refractivity contribution in [1.29, 1.82) is 0 Å². The fraction of sp³-hybridized carbons (Fsp3) is 0.200. The van der Waals surface area contributed by atoms with Gasteiger partial charge in [-0.15, -0.1) is 0 Å². The molecule has 0 fully saturated rings. The number of benzene rings is 1. The van der Waals surface area contributed by atoms with Crippen LogP contribution in [0.25, 0.3) is 0 Å². The van der Waals surface area contributed by atoms with Crippen LogP contribution in [0.4, 0.5) is 5.69 Å². The Morgan fingerprint density at radius 1 is 1.33 bits per heavy atom. The number of H-pyrrole nitrogens is 1. The quantitative estimate of drug-likeness (QED) is 0.788. The molecular weight excluding hydrogens is 272 g/mol. The van der Waals surface area contributed by atoms with Crippen LogP contribution in [-0.2, 0) is 11.3 Å². The maximum absolute atomic E-state index is 12.3. The van der Waals surface area contributed by atoms with Crippen molar-refractivity contribution in [3.63, 3.8) is 0 Å². The van der Waals surface area contributed by atoms with Gasteiger partial charge in [-0.05, 0) is 24.6 Å². The Balaban J connectivity index is 2.28. The van der Waals surface area contributed by atoms with E-state index >= 15 is 0 Å². The molecule has 6 nitrogen and oxygen atoms in total. The number of ether oxygens (including phenoxy) is 1. The number of carboxylic acid groups (broad SMARTS) is 1. The van der Waals surface area contributed by atoms with Crippen molar-refractivity contribution in [3.8, 4) is 0 Å². The number of aromatic nitrogens is 1. The van der Waals surface area contributed by atoms with Gasteiger partial charge in [0.1, 0.15) is 5.69 Å². The van der Waals surface area contributed by atoms with Gasteiger partial charge in [0.15, 0.2) is 0 Å². The third-order valence-corrected chi connectivity index (χ3v) is 2.98. The van der Waals surface area contributed by atoms with Crippen LogP contribution < -0.4 is 5.32 Å². The average Bonchev–Trinajstić information content (AvgIpc) is 2.80. The molecule has 0 aliphatic carbocycles. The van der Waals surface area contributed by atoms with Gasteiger partial charge in [0.2, 0.25) is 0 Å². The molecular formula is C15H16N2O4. The second-order valence-electron chi connectivity index (χ2n) is 4.59. The van der Waals surface area contributed by atoms with Crippen LogP contribution in [0, 0.1) is 6.92 Å². The zero-order chi connectivity index (χ0) is 15.4. The lowest BCUT2D eigenvalue weighted by Crippen LogP contribution is -2.16. The minimum Gasteiger partial charge on any atom is -0.477 e. The summed E-state index contributed by atoms with van der Waals surface area (Å²) < 4.78 is 5.05. The molecule has 1 amide bonds. The van der Waals surface area contributed by atoms with Gasteiger partial charge >= 0.3 is 5.97 Å². The lowest BCUT2D eigenvalue weighted by molar-refractivity contribution is 0.0692. The van der Waals surface area contributed by atoms with Crippen LogP contribution in [-0.4, -0.2) is 29.1 Å². The van der Waals surface area contributed by atoms with E-state index in [0.717, 1.165) is 5.56 Å². The number of aromatic amines is 1. The first-order valence-electron chi connectivity index (χ1n) is 6.34. The van der Waals surface area contributed by atoms with Crippen LogP contribution in [0.3, 0.4) is 0 Å². The molecule has 6 heteroatoms. The third kappa shape index (κ3) is 3.29. The summed E-state index contributed by atoms with van der Waals surface area (Å²) in [6.45, 7) is 2.03. The molecule has 0 unspecified atom stereocenters. The summed E-state index contributed by atoms with van der Waals surface area (Å²) in [6, 6.07) is 8.60. The number of carboxylic acids is 1. The zero-order valence-corrected chi connectivity index (χ0v) is 11.8. The molecule has 3 N–H and O–H groups in total. The minimum absolute atomic E-state index is 0.0370. The molecule has 1 aromatic heterocycles. The summed E-state index contributed by atoms with van der Waals surface area (Å²) in [5.41, 5.74) is 2.06. The van der Waals surface area contributed by atoms with Crippen molar-refractivity contribution < 1.29 is 19.4 Å². The number of aryl methyl sites for hydroxylation is 1. The van der Waals surface area contributed by atoms with Crippen molar-refractivity contribution in [2.75, 3.05) is 12.4 Å². The summed E-state index contributed by atoms with van der Waals surface area (Å²) in [6.07, 6.45) is 0. The van der Waals surface area contributed by atoms with E-state index in [0.29, 0.717) is 17.9 Å². The number of carbonyl (C=O) groups is 2. The van der Waals surface area contributed by atoms with E-state index in [-0.39, 0.29) is 17.3 Å². The average molecular weight is 288 g/mol. The van der Waals surface area contributed by atoms with E-state index in [9.17, 15) is 9.59 Å². The first kappa shape index (κ1) is 14.8. The van der Waals surface area contributed by atoms with Gasteiger partial charge in [0.05, 0.1) is 12.3 Å². The van der Waals surface area contributed by atoms with Gasteiger partial charge in [-0.1, -0.05) is 18.2 Å². The third-order valence-electron chi connectivity index (χ3n) is 2.98. The lowest BCUT2D eigenvalue weighted by atomic mass is 10.1. The van der Waals surface area contributed by atoms with Crippen molar-refractivity contribution in [2.45, 2.75) is 13.5 Å². The molecule has 1 aromatic carbocycles. The molecule has 1 heterocycles. The number of methoxy groups -OCH3 is 1. The molecule has 0 atom stereocenters. The smallest absolute Gasteiger partial charge is 0.354 e. The highest BCUT2D eigenvalue weighted by atomic mass is 16.5. The number of aromatic carboxylic acids is 1. The predicted molar refractivity (Wildman–Crippen MR) is 77.6 cm³/mol. The first-order valence-corrected chi connectivity index (χ1v) is 6.34. The summed E-state index contributed by atoms with van der Waals surface area (Å²) in [7, 11) is 1.55. The predicted octanol–water partition coefficient (Wildman–Crippen LogP) is 2.42. The maximum Gasteiger partial charge on any atom is 0.354 e. The molecule has 21 heavy (non-hydrogen) atoms. The number of nitrogens with one attached hydrogen (secondary N) is 2. The largest absolute Gasteiger partial charge is 0.477 e. The standard InChI is InChI=1S/C15H16N2O4/c1-9-7-12(13(16-9)15(19)20)17-14(18)11-6-4-3-5-10(11)8-21-2/h3-7,16H,8H2,1-2H3,(H,17,18)(H,19,20). The van der Waals surface area contributed by atoms with E-state index in [4.69, 9.17) is 9.84 Å². The van der Waals surface area contributed by atoms with Gasteiger partial charge in [-0.25, -0.2) is 4.79 Å². The summed E-state index contributed by atoms with van der Waals surface area (Å²) in [5.74, 6) is -1.49. The molecule has 0 spiro atoms. The molecule has 2 aromatic rings. The van der Waals surface area contributed by atoms with Gasteiger partial charge in [0.25, 0.3) is 5.91 Å². The van der Waals surface area contributed by atoms with Crippen molar-refractivity contribution >= 4 is 17.6 Å². The first-order chi connectivity index (χ1) is 10.0. The van der Waals surface area contributed by atoms with E-state index in [2.05, 4.69) is 10.3 Å². The van der Waals surface area contributed by atoms with E-state index in [1.54, 1.807) is 38.3 Å². The number of carbonyl (C=O) groups excluding carboxylic acids is 1. The molecule has 2 rings (SSSR count). The maximum atomic E-state index is 12.3. The Hall–Kier alpha value is -2.60. The molecule has 0 bridgehead atoms. The molecule has 0 saturated heterocycles. The summed E-state index contributed by atoms with van der Waals surface area (Å²) in [5, 5.41) is 11.7. The van der Waals surface area contributed by atoms with E-state index in [1.807, 2.05) is 6.07 Å². The van der Waals surface area contributed by atoms with E-state index < -0.39 is 5.97 Å². The number of rotatable bonds is 5. The topological polar surface area (TPSA) is 91.4 Å². The summed E-state index contributed by atoms with van der Waals surface area (Å²) >= 11 is 0. The SMILES string of the molecule is COCc1ccccc1C(=O)Nc1cc(C)[nH]c1C(=O)O. The second kappa shape index (κ2) is 6.23. The van der Waals surface area contributed by atoms with Crippen molar-refractivity contribution in [1.82, 2.24) is 4.98 Å². The Bertz CT molecular complexity index is 676.